The number of benzene rings is 2. The van der Waals surface area contributed by atoms with Crippen LogP contribution in [0.2, 0.25) is 0 Å². The Kier molecular flexibility index (Phi) is 16.9. The van der Waals surface area contributed by atoms with E-state index in [1.165, 1.54) is 17.7 Å². The van der Waals surface area contributed by atoms with Crippen molar-refractivity contribution in [1.82, 2.24) is 0 Å². The maximum absolute atomic E-state index is 12.8. The summed E-state index contributed by atoms with van der Waals surface area (Å²) in [5, 5.41) is 8.96. The molecule has 0 amide bonds. The first kappa shape index (κ1) is 36.0. The van der Waals surface area contributed by atoms with E-state index in [2.05, 4.69) is 0 Å². The summed E-state index contributed by atoms with van der Waals surface area (Å²) in [7, 11) is -5.17. The van der Waals surface area contributed by atoms with Crippen molar-refractivity contribution in [2.24, 2.45) is 0 Å². The largest absolute Gasteiger partial charge is 2.00 e. The van der Waals surface area contributed by atoms with E-state index in [9.17, 15) is 9.59 Å². The van der Waals surface area contributed by atoms with Gasteiger partial charge in [0.2, 0.25) is 0 Å². The molecule has 0 bridgehead atoms. The number of hydrogen-bond acceptors (Lipinski definition) is 9. The van der Waals surface area contributed by atoms with Gasteiger partial charge in [-0.1, -0.05) is 29.4 Å². The third-order valence-electron chi connectivity index (χ3n) is 4.36. The first-order valence-corrected chi connectivity index (χ1v) is 12.6. The number of carboxylic acid groups (broad SMARTS) is 1. The summed E-state index contributed by atoms with van der Waals surface area (Å²) in [5.74, 6) is -0.0623. The first-order valence-electron chi connectivity index (χ1n) is 11.2. The fraction of sp³-hybridized carbons (Fsp3) is 0.259. The Morgan fingerprint density at radius 1 is 0.846 bits per heavy atom. The maximum Gasteiger partial charge on any atom is 2.00 e. The summed E-state index contributed by atoms with van der Waals surface area (Å²) in [4.78, 5) is 23.7. The van der Waals surface area contributed by atoms with Gasteiger partial charge in [0.05, 0.1) is 5.56 Å². The van der Waals surface area contributed by atoms with E-state index >= 15 is 0 Å². The molecule has 2 rings (SSSR count). The quantitative estimate of drug-likeness (QED) is 0.0864. The van der Waals surface area contributed by atoms with E-state index in [1.54, 1.807) is 18.2 Å². The predicted octanol–water partition coefficient (Wildman–Crippen LogP) is 4.40. The Hall–Kier alpha value is -3.01. The Balaban J connectivity index is 0.00000220. The molecule has 206 valence electrons. The molecule has 0 heterocycles. The van der Waals surface area contributed by atoms with E-state index in [0.29, 0.717) is 19.0 Å². The van der Waals surface area contributed by atoms with Crippen LogP contribution in [0.5, 0.6) is 17.2 Å². The van der Waals surface area contributed by atoms with Gasteiger partial charge in [-0.2, -0.15) is 0 Å². The minimum absolute atomic E-state index is 0. The summed E-state index contributed by atoms with van der Waals surface area (Å²) < 4.78 is 50.7. The third-order valence-corrected chi connectivity index (χ3v) is 4.36. The van der Waals surface area contributed by atoms with Gasteiger partial charge < -0.3 is 28.4 Å². The zero-order chi connectivity index (χ0) is 28.7. The van der Waals surface area contributed by atoms with E-state index in [0.717, 1.165) is 16.9 Å². The standard InChI is InChI=1S/C27H30O6.Cd.H2O4S/c1-19(2)13-15-31-22-8-5-21(6-9-22)7-12-25(28)24-11-10-23(32-16-14-20(3)4)17-26(24)33-18-27(29)30;;1-5(2,3)4/h5-14,17H,15-16,18H2,1-4H3,(H,29,30);;(H2,1,2,3,4)/q;+2;/p-2/b12-7+;;. The molecule has 1 N–H and O–H groups in total. The molecule has 0 unspecified atom stereocenters. The van der Waals surface area contributed by atoms with Gasteiger partial charge in [0.1, 0.15) is 30.5 Å². The van der Waals surface area contributed by atoms with Crippen LogP contribution < -0.4 is 14.2 Å². The summed E-state index contributed by atoms with van der Waals surface area (Å²) in [6, 6.07) is 12.1. The van der Waals surface area contributed by atoms with Gasteiger partial charge in [0.25, 0.3) is 0 Å². The van der Waals surface area contributed by atoms with Crippen LogP contribution in [0.4, 0.5) is 0 Å². The topological polar surface area (TPSA) is 162 Å². The minimum atomic E-state index is -5.17. The predicted molar refractivity (Wildman–Crippen MR) is 140 cm³/mol. The van der Waals surface area contributed by atoms with Gasteiger partial charge in [-0.25, -0.2) is 4.79 Å². The number of hydrogen-bond donors (Lipinski definition) is 1. The van der Waals surface area contributed by atoms with Crippen molar-refractivity contribution in [2.75, 3.05) is 19.8 Å². The molecule has 0 aromatic heterocycles. The van der Waals surface area contributed by atoms with Crippen LogP contribution in [0.1, 0.15) is 43.6 Å². The molecule has 0 radical (unpaired) electrons. The second-order valence-corrected chi connectivity index (χ2v) is 9.02. The SMILES string of the molecule is CC(C)=CCOc1ccc(/C=C/C(=O)c2ccc(OCC=C(C)C)cc2OCC(=O)O)cc1.O=S(=O)([O-])[O-].[Cd+2]. The summed E-state index contributed by atoms with van der Waals surface area (Å²) in [6.07, 6.45) is 7.01. The number of rotatable bonds is 12. The Labute approximate surface area is 248 Å². The van der Waals surface area contributed by atoms with Crippen LogP contribution in [0.15, 0.2) is 71.8 Å². The average Bonchev–Trinajstić information content (AvgIpc) is 2.80. The van der Waals surface area contributed by atoms with Crippen molar-refractivity contribution in [3.8, 4) is 17.2 Å². The second-order valence-electron chi connectivity index (χ2n) is 8.20. The Bertz CT molecular complexity index is 1260. The van der Waals surface area contributed by atoms with Crippen LogP contribution in [0, 0.1) is 0 Å². The molecule has 0 aliphatic rings. The first-order chi connectivity index (χ1) is 17.7. The molecule has 10 nitrogen and oxygen atoms in total. The molecule has 0 saturated carbocycles. The van der Waals surface area contributed by atoms with Crippen molar-refractivity contribution < 1.29 is 73.7 Å². The molecule has 0 aliphatic heterocycles. The van der Waals surface area contributed by atoms with Gasteiger partial charge in [-0.3, -0.25) is 13.2 Å². The summed E-state index contributed by atoms with van der Waals surface area (Å²) in [5.41, 5.74) is 3.38. The van der Waals surface area contributed by atoms with Crippen LogP contribution in [0.3, 0.4) is 0 Å². The van der Waals surface area contributed by atoms with Gasteiger partial charge in [0.15, 0.2) is 12.4 Å². The van der Waals surface area contributed by atoms with Crippen LogP contribution in [-0.4, -0.2) is 54.2 Å². The number of ether oxygens (including phenoxy) is 3. The van der Waals surface area contributed by atoms with Crippen LogP contribution in [0.25, 0.3) is 6.08 Å². The zero-order valence-electron chi connectivity index (χ0n) is 22.2. The number of aliphatic carboxylic acids is 1. The monoisotopic (exact) mass is 660 g/mol. The second kappa shape index (κ2) is 18.3. The fourth-order valence-electron chi connectivity index (χ4n) is 2.60. The van der Waals surface area contributed by atoms with E-state index in [1.807, 2.05) is 64.1 Å². The molecule has 39 heavy (non-hydrogen) atoms. The molecular weight excluding hydrogens is 629 g/mol. The number of allylic oxidation sites excluding steroid dienone is 3. The Morgan fingerprint density at radius 3 is 1.82 bits per heavy atom. The molecule has 2 aromatic carbocycles. The molecule has 2 aromatic rings. The molecule has 0 atom stereocenters. The summed E-state index contributed by atoms with van der Waals surface area (Å²) in [6.45, 7) is 8.25. The van der Waals surface area contributed by atoms with Crippen molar-refractivity contribution in [3.05, 3.63) is 83.0 Å². The molecule has 0 fully saturated rings. The van der Waals surface area contributed by atoms with Gasteiger partial charge in [-0.15, -0.1) is 0 Å². The fourth-order valence-corrected chi connectivity index (χ4v) is 2.60. The minimum Gasteiger partial charge on any atom is -0.759 e. The molecule has 0 saturated heterocycles. The molecule has 0 aliphatic carbocycles. The van der Waals surface area contributed by atoms with E-state index in [4.69, 9.17) is 36.8 Å². The number of carboxylic acids is 1. The zero-order valence-corrected chi connectivity index (χ0v) is 27.1. The van der Waals surface area contributed by atoms with Gasteiger partial charge in [0, 0.05) is 16.5 Å². The normalized spacial score (nSPS) is 10.3. The van der Waals surface area contributed by atoms with Gasteiger partial charge >= 0.3 is 33.3 Å². The molecule has 0 spiro atoms. The number of carbonyl (C=O) groups is 2. The smallest absolute Gasteiger partial charge is 0.759 e. The Morgan fingerprint density at radius 2 is 1.33 bits per heavy atom. The number of carbonyl (C=O) groups excluding carboxylic acids is 1. The van der Waals surface area contributed by atoms with Crippen LogP contribution >= 0.6 is 0 Å². The maximum atomic E-state index is 12.8. The number of ketones is 1. The van der Waals surface area contributed by atoms with Crippen molar-refractivity contribution in [1.29, 1.82) is 0 Å². The van der Waals surface area contributed by atoms with Crippen molar-refractivity contribution in [3.63, 3.8) is 0 Å². The van der Waals surface area contributed by atoms with Crippen molar-refractivity contribution in [2.45, 2.75) is 27.7 Å². The average molecular weight is 659 g/mol. The van der Waals surface area contributed by atoms with Crippen molar-refractivity contribution >= 4 is 28.2 Å². The molecular formula is C27H30CdO10S. The van der Waals surface area contributed by atoms with Crippen LogP contribution in [-0.2, 0) is 42.5 Å². The van der Waals surface area contributed by atoms with E-state index in [-0.39, 0.29) is 44.4 Å². The third kappa shape index (κ3) is 18.0. The molecule has 12 heteroatoms. The van der Waals surface area contributed by atoms with E-state index < -0.39 is 23.0 Å². The summed E-state index contributed by atoms with van der Waals surface area (Å²) >= 11 is 0. The van der Waals surface area contributed by atoms with Gasteiger partial charge in [-0.05, 0) is 75.8 Å².